The van der Waals surface area contributed by atoms with E-state index in [0.717, 1.165) is 12.0 Å². The number of nitrogens with zero attached hydrogens (tertiary/aromatic N) is 1. The Morgan fingerprint density at radius 1 is 1.38 bits per heavy atom. The van der Waals surface area contributed by atoms with Gasteiger partial charge < -0.3 is 4.90 Å². The molecule has 0 bridgehead atoms. The molecule has 13 heavy (non-hydrogen) atoms. The summed E-state index contributed by atoms with van der Waals surface area (Å²) >= 11 is 0. The maximum atomic E-state index is 2.52. The highest BCUT2D eigenvalue weighted by Crippen LogP contribution is 2.24. The molecule has 76 valence electrons. The van der Waals surface area contributed by atoms with Gasteiger partial charge in [-0.25, -0.2) is 0 Å². The highest BCUT2D eigenvalue weighted by atomic mass is 15.1. The van der Waals surface area contributed by atoms with Crippen molar-refractivity contribution in [1.82, 2.24) is 4.90 Å². The topological polar surface area (TPSA) is 3.24 Å². The average Bonchev–Trinajstić information content (AvgIpc) is 2.08. The summed E-state index contributed by atoms with van der Waals surface area (Å²) < 4.78 is 0. The standard InChI is InChI=1S/C12H23N/c1-5-12-7-6-11(4)13(9-12)8-10(2)3/h8,11-12H,5-7,9H2,1-4H3. The first-order valence-electron chi connectivity index (χ1n) is 5.54. The van der Waals surface area contributed by atoms with Gasteiger partial charge in [-0.2, -0.15) is 0 Å². The Morgan fingerprint density at radius 2 is 2.08 bits per heavy atom. The minimum absolute atomic E-state index is 0.748. The first kappa shape index (κ1) is 10.6. The third-order valence-electron chi connectivity index (χ3n) is 3.03. The number of piperidine rings is 1. The van der Waals surface area contributed by atoms with Gasteiger partial charge in [0.15, 0.2) is 0 Å². The molecule has 0 spiro atoms. The fourth-order valence-electron chi connectivity index (χ4n) is 2.06. The number of likely N-dealkylation sites (tertiary alicyclic amines) is 1. The van der Waals surface area contributed by atoms with E-state index in [1.165, 1.54) is 31.4 Å². The van der Waals surface area contributed by atoms with Gasteiger partial charge in [-0.15, -0.1) is 0 Å². The molecule has 1 nitrogen and oxygen atoms in total. The monoisotopic (exact) mass is 181 g/mol. The van der Waals surface area contributed by atoms with Gasteiger partial charge in [0.25, 0.3) is 0 Å². The molecule has 0 saturated carbocycles. The summed E-state index contributed by atoms with van der Waals surface area (Å²) in [6.07, 6.45) is 6.44. The number of rotatable bonds is 2. The smallest absolute Gasteiger partial charge is 0.0256 e. The maximum Gasteiger partial charge on any atom is 0.0256 e. The van der Waals surface area contributed by atoms with Crippen LogP contribution in [-0.2, 0) is 0 Å². The number of hydrogen-bond donors (Lipinski definition) is 0. The van der Waals surface area contributed by atoms with Crippen molar-refractivity contribution in [1.29, 1.82) is 0 Å². The van der Waals surface area contributed by atoms with Gasteiger partial charge in [0, 0.05) is 12.6 Å². The van der Waals surface area contributed by atoms with Crippen molar-refractivity contribution in [3.8, 4) is 0 Å². The zero-order valence-electron chi connectivity index (χ0n) is 9.51. The van der Waals surface area contributed by atoms with E-state index in [0.29, 0.717) is 0 Å². The zero-order valence-corrected chi connectivity index (χ0v) is 9.51. The van der Waals surface area contributed by atoms with E-state index in [1.807, 2.05) is 0 Å². The molecule has 1 heterocycles. The van der Waals surface area contributed by atoms with Crippen LogP contribution in [0.15, 0.2) is 11.8 Å². The lowest BCUT2D eigenvalue weighted by Gasteiger charge is -2.37. The minimum atomic E-state index is 0.748. The molecule has 0 aromatic rings. The lowest BCUT2D eigenvalue weighted by molar-refractivity contribution is 0.169. The Balaban J connectivity index is 2.55. The van der Waals surface area contributed by atoms with Crippen molar-refractivity contribution < 1.29 is 0 Å². The van der Waals surface area contributed by atoms with E-state index in [1.54, 1.807) is 0 Å². The molecule has 1 heteroatoms. The predicted octanol–water partition coefficient (Wildman–Crippen LogP) is 3.42. The van der Waals surface area contributed by atoms with E-state index in [2.05, 4.69) is 38.8 Å². The van der Waals surface area contributed by atoms with Crippen LogP contribution in [0, 0.1) is 5.92 Å². The molecule has 0 aromatic carbocycles. The van der Waals surface area contributed by atoms with Crippen molar-refractivity contribution in [2.24, 2.45) is 5.92 Å². The van der Waals surface area contributed by atoms with Gasteiger partial charge >= 0.3 is 0 Å². The Labute approximate surface area is 82.8 Å². The highest BCUT2D eigenvalue weighted by Gasteiger charge is 2.21. The third kappa shape index (κ3) is 3.06. The summed E-state index contributed by atoms with van der Waals surface area (Å²) in [4.78, 5) is 2.52. The second-order valence-corrected chi connectivity index (χ2v) is 4.60. The summed E-state index contributed by atoms with van der Waals surface area (Å²) in [7, 11) is 0. The molecule has 2 atom stereocenters. The summed E-state index contributed by atoms with van der Waals surface area (Å²) in [5.41, 5.74) is 1.42. The second-order valence-electron chi connectivity index (χ2n) is 4.60. The van der Waals surface area contributed by atoms with Gasteiger partial charge in [0.1, 0.15) is 0 Å². The minimum Gasteiger partial charge on any atom is -0.374 e. The van der Waals surface area contributed by atoms with Crippen molar-refractivity contribution >= 4 is 0 Å². The molecule has 0 aromatic heterocycles. The molecule has 1 saturated heterocycles. The van der Waals surface area contributed by atoms with Crippen LogP contribution in [0.2, 0.25) is 0 Å². The predicted molar refractivity (Wildman–Crippen MR) is 58.6 cm³/mol. The van der Waals surface area contributed by atoms with E-state index in [9.17, 15) is 0 Å². The van der Waals surface area contributed by atoms with Crippen molar-refractivity contribution in [2.75, 3.05) is 6.54 Å². The Kier molecular flexibility index (Phi) is 3.83. The zero-order chi connectivity index (χ0) is 9.84. The second kappa shape index (κ2) is 4.69. The summed E-state index contributed by atoms with van der Waals surface area (Å²) in [6.45, 7) is 10.3. The van der Waals surface area contributed by atoms with Crippen molar-refractivity contribution in [2.45, 2.75) is 53.0 Å². The maximum absolute atomic E-state index is 2.52. The quantitative estimate of drug-likeness (QED) is 0.631. The van der Waals surface area contributed by atoms with Gasteiger partial charge in [-0.1, -0.05) is 18.9 Å². The van der Waals surface area contributed by atoms with Crippen molar-refractivity contribution in [3.05, 3.63) is 11.8 Å². The van der Waals surface area contributed by atoms with Crippen molar-refractivity contribution in [3.63, 3.8) is 0 Å². The highest BCUT2D eigenvalue weighted by molar-refractivity contribution is 4.96. The fourth-order valence-corrected chi connectivity index (χ4v) is 2.06. The third-order valence-corrected chi connectivity index (χ3v) is 3.03. The normalized spacial score (nSPS) is 28.8. The SMILES string of the molecule is CCC1CCC(C)N(C=C(C)C)C1. The van der Waals surface area contributed by atoms with Crippen LogP contribution in [0.1, 0.15) is 47.0 Å². The van der Waals surface area contributed by atoms with Gasteiger partial charge in [-0.3, -0.25) is 0 Å². The van der Waals surface area contributed by atoms with E-state index < -0.39 is 0 Å². The summed E-state index contributed by atoms with van der Waals surface area (Å²) in [5, 5.41) is 0. The molecule has 1 fully saturated rings. The first-order chi connectivity index (χ1) is 6.13. The van der Waals surface area contributed by atoms with Gasteiger partial charge in [-0.05, 0) is 45.7 Å². The molecule has 2 unspecified atom stereocenters. The Hall–Kier alpha value is -0.460. The Morgan fingerprint density at radius 3 is 2.62 bits per heavy atom. The molecule has 1 aliphatic heterocycles. The van der Waals surface area contributed by atoms with Crippen LogP contribution >= 0.6 is 0 Å². The molecule has 0 amide bonds. The summed E-state index contributed by atoms with van der Waals surface area (Å²) in [6, 6.07) is 0.748. The molecule has 1 rings (SSSR count). The molecule has 1 aliphatic rings. The Bertz CT molecular complexity index is 180. The van der Waals surface area contributed by atoms with Crippen LogP contribution in [0.5, 0.6) is 0 Å². The van der Waals surface area contributed by atoms with E-state index in [4.69, 9.17) is 0 Å². The number of allylic oxidation sites excluding steroid dienone is 1. The first-order valence-corrected chi connectivity index (χ1v) is 5.54. The summed E-state index contributed by atoms with van der Waals surface area (Å²) in [5.74, 6) is 0.923. The van der Waals surface area contributed by atoms with E-state index in [-0.39, 0.29) is 0 Å². The van der Waals surface area contributed by atoms with Crippen LogP contribution in [0.4, 0.5) is 0 Å². The average molecular weight is 181 g/mol. The van der Waals surface area contributed by atoms with E-state index >= 15 is 0 Å². The molecule has 0 N–H and O–H groups in total. The van der Waals surface area contributed by atoms with Gasteiger partial charge in [0.05, 0.1) is 0 Å². The van der Waals surface area contributed by atoms with Gasteiger partial charge in [0.2, 0.25) is 0 Å². The molecule has 0 radical (unpaired) electrons. The van der Waals surface area contributed by atoms with Crippen LogP contribution in [0.3, 0.4) is 0 Å². The van der Waals surface area contributed by atoms with Crippen LogP contribution < -0.4 is 0 Å². The lowest BCUT2D eigenvalue weighted by atomic mass is 9.92. The number of hydrogen-bond acceptors (Lipinski definition) is 1. The fraction of sp³-hybridized carbons (Fsp3) is 0.833. The van der Waals surface area contributed by atoms with Crippen LogP contribution in [0.25, 0.3) is 0 Å². The van der Waals surface area contributed by atoms with Crippen LogP contribution in [-0.4, -0.2) is 17.5 Å². The lowest BCUT2D eigenvalue weighted by Crippen LogP contribution is -2.38. The molecular weight excluding hydrogens is 158 g/mol. The molecule has 0 aliphatic carbocycles. The molecular formula is C12H23N. The largest absolute Gasteiger partial charge is 0.374 e.